The standard InChI is InChI=1S/C12H9N2.C9H13.2ClH.Zr/c1-2-5-11-9-12(8-10(11)4-1)14-7-3-6-13-14;1-6-5-7(2)9(4)8(6)3;;;/h1-9H;6H,1-4H3;2*1H;/q;;;;+2/p-2. The molecule has 26 heavy (non-hydrogen) atoms. The Hall–Kier alpha value is -0.887. The van der Waals surface area contributed by atoms with E-state index in [2.05, 4.69) is 74.0 Å². The van der Waals surface area contributed by atoms with Crippen LogP contribution in [0.5, 0.6) is 0 Å². The summed E-state index contributed by atoms with van der Waals surface area (Å²) in [5.41, 5.74) is 8.90. The topological polar surface area (TPSA) is 17.8 Å². The summed E-state index contributed by atoms with van der Waals surface area (Å²) in [5.74, 6) is 0.628. The van der Waals surface area contributed by atoms with Gasteiger partial charge in [-0.2, -0.15) is 0 Å². The smallest absolute Gasteiger partial charge is 1.00 e. The van der Waals surface area contributed by atoms with Crippen LogP contribution < -0.4 is 24.8 Å². The summed E-state index contributed by atoms with van der Waals surface area (Å²) >= 11 is -0.808. The van der Waals surface area contributed by atoms with Crippen LogP contribution in [-0.4, -0.2) is 9.78 Å². The molecule has 1 heterocycles. The van der Waals surface area contributed by atoms with Crippen molar-refractivity contribution in [2.75, 3.05) is 0 Å². The second kappa shape index (κ2) is 8.42. The van der Waals surface area contributed by atoms with Gasteiger partial charge in [-0.3, -0.25) is 0 Å². The van der Waals surface area contributed by atoms with Gasteiger partial charge in [0.05, 0.1) is 0 Å². The fourth-order valence-corrected chi connectivity index (χ4v) is 8.66. The quantitative estimate of drug-likeness (QED) is 0.587. The first-order chi connectivity index (χ1) is 11.6. The molecule has 1 aromatic heterocycles. The zero-order valence-corrected chi connectivity index (χ0v) is 19.4. The van der Waals surface area contributed by atoms with E-state index >= 15 is 0 Å². The van der Waals surface area contributed by atoms with Crippen molar-refractivity contribution in [1.82, 2.24) is 9.78 Å². The number of hydrogen-bond acceptors (Lipinski definition) is 1. The molecule has 5 heteroatoms. The van der Waals surface area contributed by atoms with Crippen molar-refractivity contribution in [3.63, 3.8) is 0 Å². The molecule has 2 aliphatic rings. The maximum Gasteiger partial charge on any atom is -1.00 e. The molecule has 2 nitrogen and oxygen atoms in total. The van der Waals surface area contributed by atoms with Crippen molar-refractivity contribution in [1.29, 1.82) is 0 Å². The average Bonchev–Trinajstić information content (AvgIpc) is 3.28. The fraction of sp³-hybridized carbons (Fsp3) is 0.286. The number of nitrogens with zero attached hydrogens (tertiary/aromatic N) is 2. The largest absolute Gasteiger partial charge is 1.00 e. The Kier molecular flexibility index (Phi) is 6.93. The minimum atomic E-state index is -0.808. The monoisotopic (exact) mass is 462 g/mol. The molecule has 2 unspecified atom stereocenters. The third-order valence-electron chi connectivity index (χ3n) is 5.62. The fourth-order valence-electron chi connectivity index (χ4n) is 3.83. The van der Waals surface area contributed by atoms with Crippen LogP contribution in [0.15, 0.2) is 62.7 Å². The van der Waals surface area contributed by atoms with Gasteiger partial charge in [0.2, 0.25) is 0 Å². The van der Waals surface area contributed by atoms with E-state index < -0.39 is 23.2 Å². The Morgan fingerprint density at radius 1 is 1.00 bits per heavy atom. The van der Waals surface area contributed by atoms with Gasteiger partial charge in [-0.15, -0.1) is 0 Å². The van der Waals surface area contributed by atoms with Crippen LogP contribution in [0.1, 0.15) is 42.4 Å². The zero-order chi connectivity index (χ0) is 16.8. The maximum atomic E-state index is 4.52. The molecule has 1 aromatic carbocycles. The summed E-state index contributed by atoms with van der Waals surface area (Å²) in [5, 5.41) is 4.52. The summed E-state index contributed by atoms with van der Waals surface area (Å²) in [6, 6.07) is 10.9. The van der Waals surface area contributed by atoms with E-state index in [9.17, 15) is 0 Å². The van der Waals surface area contributed by atoms with Crippen LogP contribution in [0.3, 0.4) is 0 Å². The van der Waals surface area contributed by atoms with Gasteiger partial charge in [-0.1, -0.05) is 0 Å². The molecule has 0 N–H and O–H groups in total. The summed E-state index contributed by atoms with van der Waals surface area (Å²) in [4.78, 5) is 0. The van der Waals surface area contributed by atoms with Crippen molar-refractivity contribution in [3.05, 3.63) is 73.9 Å². The van der Waals surface area contributed by atoms with Gasteiger partial charge < -0.3 is 24.8 Å². The molecule has 2 atom stereocenters. The van der Waals surface area contributed by atoms with Crippen molar-refractivity contribution in [3.8, 4) is 0 Å². The van der Waals surface area contributed by atoms with Crippen molar-refractivity contribution in [2.45, 2.75) is 31.3 Å². The molecule has 0 radical (unpaired) electrons. The molecule has 134 valence electrons. The predicted octanol–water partition coefficient (Wildman–Crippen LogP) is -0.713. The van der Waals surface area contributed by atoms with Gasteiger partial charge in [-0.25, -0.2) is 0 Å². The van der Waals surface area contributed by atoms with Crippen LogP contribution in [0.2, 0.25) is 0 Å². The van der Waals surface area contributed by atoms with Gasteiger partial charge in [0.15, 0.2) is 0 Å². The summed E-state index contributed by atoms with van der Waals surface area (Å²) in [6.07, 6.45) is 6.30. The Balaban J connectivity index is 0.00000121. The van der Waals surface area contributed by atoms with Gasteiger partial charge in [0, 0.05) is 0 Å². The third kappa shape index (κ3) is 3.46. The zero-order valence-electron chi connectivity index (χ0n) is 15.4. The maximum absolute atomic E-state index is 4.52. The number of fused-ring (bicyclic) bond motifs is 1. The second-order valence-electron chi connectivity index (χ2n) is 6.79. The van der Waals surface area contributed by atoms with Gasteiger partial charge >= 0.3 is 156 Å². The molecule has 0 spiro atoms. The first-order valence-electron chi connectivity index (χ1n) is 8.53. The second-order valence-corrected chi connectivity index (χ2v) is 10.2. The summed E-state index contributed by atoms with van der Waals surface area (Å²) in [7, 11) is 0. The summed E-state index contributed by atoms with van der Waals surface area (Å²) in [6.45, 7) is 9.32. The minimum Gasteiger partial charge on any atom is -1.00 e. The molecular weight excluding hydrogens is 442 g/mol. The van der Waals surface area contributed by atoms with Crippen LogP contribution in [0.25, 0.3) is 11.8 Å². The number of aromatic nitrogens is 2. The Bertz CT molecular complexity index is 894. The third-order valence-corrected chi connectivity index (χ3v) is 10.6. The van der Waals surface area contributed by atoms with Crippen molar-refractivity contribution < 1.29 is 48.0 Å². The van der Waals surface area contributed by atoms with E-state index in [4.69, 9.17) is 0 Å². The first-order valence-corrected chi connectivity index (χ1v) is 11.2. The normalized spacial score (nSPS) is 21.0. The number of benzene rings is 1. The number of allylic oxidation sites excluding steroid dienone is 5. The molecular formula is C21H22Cl2N2Zr. The molecule has 0 saturated heterocycles. The molecule has 0 bridgehead atoms. The molecule has 2 aliphatic carbocycles. The number of halogens is 2. The summed E-state index contributed by atoms with van der Waals surface area (Å²) < 4.78 is 4.39. The Labute approximate surface area is 179 Å². The predicted molar refractivity (Wildman–Crippen MR) is 95.8 cm³/mol. The van der Waals surface area contributed by atoms with Crippen LogP contribution >= 0.6 is 0 Å². The Morgan fingerprint density at radius 3 is 2.35 bits per heavy atom. The van der Waals surface area contributed by atoms with E-state index in [1.54, 1.807) is 14.4 Å². The molecule has 0 saturated carbocycles. The van der Waals surface area contributed by atoms with E-state index in [0.29, 0.717) is 9.54 Å². The van der Waals surface area contributed by atoms with Crippen LogP contribution in [0, 0.1) is 5.92 Å². The van der Waals surface area contributed by atoms with Crippen molar-refractivity contribution in [2.24, 2.45) is 5.92 Å². The van der Waals surface area contributed by atoms with Crippen molar-refractivity contribution >= 4 is 11.8 Å². The van der Waals surface area contributed by atoms with E-state index in [-0.39, 0.29) is 24.8 Å². The number of hydrogen-bond donors (Lipinski definition) is 0. The molecule has 0 aliphatic heterocycles. The van der Waals surface area contributed by atoms with Gasteiger partial charge in [0.1, 0.15) is 0 Å². The van der Waals surface area contributed by atoms with E-state index in [1.807, 2.05) is 12.3 Å². The minimum absolute atomic E-state index is 0. The van der Waals surface area contributed by atoms with Gasteiger partial charge in [0.25, 0.3) is 0 Å². The average molecular weight is 465 g/mol. The Morgan fingerprint density at radius 2 is 1.73 bits per heavy atom. The van der Waals surface area contributed by atoms with Gasteiger partial charge in [-0.05, 0) is 0 Å². The molecule has 4 rings (SSSR count). The molecule has 2 aromatic rings. The first kappa shape index (κ1) is 21.4. The SMILES string of the molecule is CC1=C(C)C(C)[C]([Zr+2][CH]2C(n3cccn3)=Cc3ccccc32)=C1C.[Cl-].[Cl-]. The van der Waals surface area contributed by atoms with Crippen LogP contribution in [-0.2, 0) is 23.2 Å². The van der Waals surface area contributed by atoms with E-state index in [1.165, 1.54) is 22.4 Å². The molecule has 0 fully saturated rings. The van der Waals surface area contributed by atoms with E-state index in [0.717, 1.165) is 0 Å². The molecule has 0 amide bonds. The van der Waals surface area contributed by atoms with Crippen LogP contribution in [0.4, 0.5) is 0 Å². The number of rotatable bonds is 3.